The van der Waals surface area contributed by atoms with E-state index in [-0.39, 0.29) is 21.7 Å². The highest BCUT2D eigenvalue weighted by Crippen LogP contribution is 2.67. The van der Waals surface area contributed by atoms with Crippen molar-refractivity contribution in [2.24, 2.45) is 0 Å². The van der Waals surface area contributed by atoms with E-state index in [0.717, 1.165) is 37.1 Å². The summed E-state index contributed by atoms with van der Waals surface area (Å²) in [6, 6.07) is 62.4. The summed E-state index contributed by atoms with van der Waals surface area (Å²) in [5.74, 6) is 0. The molecule has 0 N–H and O–H groups in total. The largest absolute Gasteiger partial charge is 0.310 e. The van der Waals surface area contributed by atoms with Crippen LogP contribution in [0.4, 0.5) is 51.2 Å². The number of nitrogens with zero attached hydrogens (tertiary/aromatic N) is 3. The molecule has 6 aliphatic rings. The van der Waals surface area contributed by atoms with Crippen molar-refractivity contribution < 1.29 is 0 Å². The van der Waals surface area contributed by atoms with Crippen molar-refractivity contribution in [1.82, 2.24) is 0 Å². The molecule has 0 unspecified atom stereocenters. The van der Waals surface area contributed by atoms with Gasteiger partial charge in [0.1, 0.15) is 0 Å². The highest BCUT2D eigenvalue weighted by atomic mass is 15.2. The van der Waals surface area contributed by atoms with E-state index in [2.05, 4.69) is 258 Å². The molecule has 0 atom stereocenters. The highest BCUT2D eigenvalue weighted by Gasteiger charge is 2.52. The fraction of sp³-hybridized carbons (Fsp3) is 0.229. The maximum atomic E-state index is 2.71. The van der Waals surface area contributed by atoms with Crippen LogP contribution in [0.2, 0.25) is 0 Å². The second-order valence-corrected chi connectivity index (χ2v) is 23.6. The van der Waals surface area contributed by atoms with Gasteiger partial charge in [-0.1, -0.05) is 170 Å². The van der Waals surface area contributed by atoms with Crippen LogP contribution < -0.4 is 14.7 Å². The van der Waals surface area contributed by atoms with Gasteiger partial charge in [0, 0.05) is 55.8 Å². The average Bonchev–Trinajstić information content (AvgIpc) is 3.65. The monoisotopic (exact) mass is 946 g/mol. The Morgan fingerprint density at radius 2 is 0.877 bits per heavy atom. The van der Waals surface area contributed by atoms with Crippen molar-refractivity contribution >= 4 is 62.8 Å². The molecule has 3 aliphatic heterocycles. The quantitative estimate of drug-likeness (QED) is 0.158. The van der Waals surface area contributed by atoms with Crippen LogP contribution in [0.15, 0.2) is 188 Å². The van der Waals surface area contributed by atoms with Gasteiger partial charge in [0.25, 0.3) is 0 Å². The topological polar surface area (TPSA) is 9.72 Å². The lowest BCUT2D eigenvalue weighted by Crippen LogP contribution is -2.43. The van der Waals surface area contributed by atoms with Gasteiger partial charge in [-0.2, -0.15) is 0 Å². The van der Waals surface area contributed by atoms with Crippen molar-refractivity contribution in [2.75, 3.05) is 14.7 Å². The molecule has 0 radical (unpaired) electrons. The van der Waals surface area contributed by atoms with Gasteiger partial charge < -0.3 is 14.7 Å². The minimum absolute atomic E-state index is 0.0204. The second-order valence-electron chi connectivity index (χ2n) is 23.6. The van der Waals surface area contributed by atoms with Crippen LogP contribution in [0.1, 0.15) is 130 Å². The summed E-state index contributed by atoms with van der Waals surface area (Å²) in [4.78, 5) is 7.71. The summed E-state index contributed by atoms with van der Waals surface area (Å²) in [5.41, 5.74) is 29.8. The zero-order valence-electron chi connectivity index (χ0n) is 43.6. The number of allylic oxidation sites excluding steroid dienone is 5. The predicted octanol–water partition coefficient (Wildman–Crippen LogP) is 19.0. The molecule has 0 spiro atoms. The Hall–Kier alpha value is -7.62. The highest BCUT2D eigenvalue weighted by molar-refractivity contribution is 6.01. The summed E-state index contributed by atoms with van der Waals surface area (Å²) in [5, 5.41) is 0. The molecule has 3 heterocycles. The Morgan fingerprint density at radius 3 is 1.48 bits per heavy atom. The smallest absolute Gasteiger partial charge is 0.0545 e. The zero-order chi connectivity index (χ0) is 49.8. The first kappa shape index (κ1) is 44.1. The normalized spacial score (nSPS) is 17.9. The lowest BCUT2D eigenvalue weighted by atomic mass is 9.60. The first-order chi connectivity index (χ1) is 35.3. The third-order valence-corrected chi connectivity index (χ3v) is 18.1. The van der Waals surface area contributed by atoms with E-state index in [1.165, 1.54) is 112 Å². The molecule has 3 aliphatic carbocycles. The molecule has 0 saturated heterocycles. The van der Waals surface area contributed by atoms with Crippen molar-refractivity contribution in [3.05, 3.63) is 243 Å². The van der Waals surface area contributed by atoms with Crippen LogP contribution in [0.5, 0.6) is 0 Å². The molecule has 8 aromatic rings. The summed E-state index contributed by atoms with van der Waals surface area (Å²) in [6.07, 6.45) is 13.8. The first-order valence-corrected chi connectivity index (χ1v) is 26.7. The lowest BCUT2D eigenvalue weighted by Gasteiger charge is -2.55. The summed E-state index contributed by atoms with van der Waals surface area (Å²) < 4.78 is 0. The maximum absolute atomic E-state index is 2.71. The van der Waals surface area contributed by atoms with Gasteiger partial charge >= 0.3 is 0 Å². The van der Waals surface area contributed by atoms with Gasteiger partial charge in [0.15, 0.2) is 0 Å². The van der Waals surface area contributed by atoms with Crippen LogP contribution in [-0.2, 0) is 28.1 Å². The molecule has 14 rings (SSSR count). The number of rotatable bonds is 7. The van der Waals surface area contributed by atoms with Crippen molar-refractivity contribution in [3.8, 4) is 11.1 Å². The predicted molar refractivity (Wildman–Crippen MR) is 308 cm³/mol. The zero-order valence-corrected chi connectivity index (χ0v) is 43.6. The Morgan fingerprint density at radius 1 is 0.384 bits per heavy atom. The van der Waals surface area contributed by atoms with E-state index >= 15 is 0 Å². The lowest BCUT2D eigenvalue weighted by molar-refractivity contribution is 0.567. The molecule has 73 heavy (non-hydrogen) atoms. The summed E-state index contributed by atoms with van der Waals surface area (Å²) >= 11 is 0. The van der Waals surface area contributed by atoms with Gasteiger partial charge in [-0.15, -0.1) is 0 Å². The van der Waals surface area contributed by atoms with Crippen molar-refractivity contribution in [1.29, 1.82) is 0 Å². The molecule has 0 fully saturated rings. The molecule has 0 aromatic heterocycles. The minimum Gasteiger partial charge on any atom is -0.310 e. The number of para-hydroxylation sites is 4. The first-order valence-electron chi connectivity index (χ1n) is 26.7. The number of fused-ring (bicyclic) bond motifs is 3. The number of hydrogen-bond donors (Lipinski definition) is 0. The number of anilines is 9. The van der Waals surface area contributed by atoms with E-state index < -0.39 is 0 Å². The van der Waals surface area contributed by atoms with Gasteiger partial charge in [0.2, 0.25) is 0 Å². The molecule has 0 bridgehead atoms. The standard InChI is InChI=1S/C70H63N3/c1-67(2)55-32-21-20-30-52(55)53-36-35-48(41-58(53)67)72(47-27-16-11-17-28-47)63-38-37-50(51-29-18-19-31-54(51)63)44-39-59-65-60(40-44)70(7,8)62-43-49(71(45-23-12-9-13-24-45)46-25-14-10-15-26-46)42-61-66(62)73(65)64-56(68(59,3)4)33-22-34-57(64)69(61,5)6/h9-18,20,22-30,33-43H,19,21,31-32H2,1-8H3. The average molecular weight is 946 g/mol. The molecule has 0 amide bonds. The van der Waals surface area contributed by atoms with E-state index in [0.29, 0.717) is 0 Å². The maximum Gasteiger partial charge on any atom is 0.0545 e. The molecule has 8 aromatic carbocycles. The third kappa shape index (κ3) is 6.12. The fourth-order valence-electron chi connectivity index (χ4n) is 14.2. The Kier molecular flexibility index (Phi) is 9.34. The van der Waals surface area contributed by atoms with Crippen LogP contribution in [0, 0.1) is 0 Å². The van der Waals surface area contributed by atoms with Crippen LogP contribution in [-0.4, -0.2) is 0 Å². The molecule has 3 nitrogen and oxygen atoms in total. The second kappa shape index (κ2) is 15.4. The minimum atomic E-state index is -0.350. The van der Waals surface area contributed by atoms with Gasteiger partial charge in [0.05, 0.1) is 17.1 Å². The van der Waals surface area contributed by atoms with Crippen molar-refractivity contribution in [2.45, 2.75) is 103 Å². The molecule has 3 heteroatoms. The Balaban J connectivity index is 0.979. The number of hydrogen-bond acceptors (Lipinski definition) is 3. The van der Waals surface area contributed by atoms with E-state index in [1.807, 2.05) is 0 Å². The van der Waals surface area contributed by atoms with E-state index in [9.17, 15) is 0 Å². The van der Waals surface area contributed by atoms with Gasteiger partial charge in [-0.05, 0) is 177 Å². The fourth-order valence-corrected chi connectivity index (χ4v) is 14.2. The molecular formula is C70H63N3. The van der Waals surface area contributed by atoms with Crippen LogP contribution in [0.3, 0.4) is 0 Å². The van der Waals surface area contributed by atoms with E-state index in [4.69, 9.17) is 0 Å². The molecular weight excluding hydrogens is 883 g/mol. The number of benzene rings is 8. The Bertz CT molecular complexity index is 3690. The Labute approximate surface area is 432 Å². The van der Waals surface area contributed by atoms with Crippen LogP contribution >= 0.6 is 0 Å². The SMILES string of the molecule is CC1(C)C2=C(C=CCC2)c2ccc(N(c3ccccc3)c3ccc(-c4cc5c6c(c4)C(C)(C)c4cc(N(c7ccccc7)c7ccccc7)cc7c4N6c4c(cccc4C7(C)C)C5(C)C)c4c3CCC=C4)cc21. The molecule has 358 valence electrons. The summed E-state index contributed by atoms with van der Waals surface area (Å²) in [6.45, 7) is 19.7. The van der Waals surface area contributed by atoms with Crippen molar-refractivity contribution in [3.63, 3.8) is 0 Å². The van der Waals surface area contributed by atoms with Gasteiger partial charge in [-0.25, -0.2) is 0 Å². The van der Waals surface area contributed by atoms with Gasteiger partial charge in [-0.3, -0.25) is 0 Å². The van der Waals surface area contributed by atoms with Crippen LogP contribution in [0.25, 0.3) is 22.8 Å². The van der Waals surface area contributed by atoms with E-state index in [1.54, 1.807) is 5.57 Å². The third-order valence-electron chi connectivity index (χ3n) is 18.1. The molecule has 0 saturated carbocycles. The summed E-state index contributed by atoms with van der Waals surface area (Å²) in [7, 11) is 0.